The average molecular weight is 338 g/mol. The summed E-state index contributed by atoms with van der Waals surface area (Å²) >= 11 is 2.57. The number of carbonyl (C=O) groups is 1. The Morgan fingerprint density at radius 2 is 1.91 bits per heavy atom. The molecular formula is C16H22N2O2S2. The number of hydrogen-bond donors (Lipinski definition) is 0. The Balaban J connectivity index is 1.96. The van der Waals surface area contributed by atoms with Gasteiger partial charge in [0.05, 0.1) is 10.2 Å². The van der Waals surface area contributed by atoms with Crippen LogP contribution in [0.4, 0.5) is 4.79 Å². The number of thiazole rings is 1. The molecule has 0 N–H and O–H groups in total. The van der Waals surface area contributed by atoms with Crippen LogP contribution in [0.2, 0.25) is 0 Å². The van der Waals surface area contributed by atoms with Gasteiger partial charge in [0.2, 0.25) is 0 Å². The van der Waals surface area contributed by atoms with Gasteiger partial charge < -0.3 is 4.90 Å². The van der Waals surface area contributed by atoms with Gasteiger partial charge in [-0.25, -0.2) is 0 Å². The standard InChI is InChI=1S/C16H22N2O2S2/c1-3-9-17(10-4-2)15(19)21-12-11-18-13-7-5-6-8-14(13)22-16(18)20/h5-8H,3-4,9-12H2,1-2H3. The van der Waals surface area contributed by atoms with Crippen LogP contribution in [0.3, 0.4) is 0 Å². The lowest BCUT2D eigenvalue weighted by Crippen LogP contribution is -2.29. The van der Waals surface area contributed by atoms with Gasteiger partial charge in [-0.2, -0.15) is 0 Å². The monoisotopic (exact) mass is 338 g/mol. The molecule has 1 amide bonds. The first-order valence-electron chi connectivity index (χ1n) is 7.67. The van der Waals surface area contributed by atoms with Crippen LogP contribution in [0, 0.1) is 0 Å². The molecule has 0 spiro atoms. The van der Waals surface area contributed by atoms with Crippen LogP contribution in [-0.2, 0) is 6.54 Å². The van der Waals surface area contributed by atoms with Gasteiger partial charge >= 0.3 is 4.87 Å². The summed E-state index contributed by atoms with van der Waals surface area (Å²) in [4.78, 5) is 26.2. The second kappa shape index (κ2) is 8.39. The van der Waals surface area contributed by atoms with Crippen molar-refractivity contribution in [3.8, 4) is 0 Å². The van der Waals surface area contributed by atoms with E-state index in [2.05, 4.69) is 13.8 Å². The molecule has 0 radical (unpaired) electrons. The van der Waals surface area contributed by atoms with E-state index in [0.29, 0.717) is 12.3 Å². The maximum absolute atomic E-state index is 12.2. The zero-order chi connectivity index (χ0) is 15.9. The minimum Gasteiger partial charge on any atom is -0.334 e. The number of carbonyl (C=O) groups excluding carboxylic acids is 1. The number of fused-ring (bicyclic) bond motifs is 1. The summed E-state index contributed by atoms with van der Waals surface area (Å²) in [5.41, 5.74) is 0.963. The van der Waals surface area contributed by atoms with Crippen molar-refractivity contribution in [3.05, 3.63) is 33.9 Å². The van der Waals surface area contributed by atoms with E-state index in [-0.39, 0.29) is 10.1 Å². The van der Waals surface area contributed by atoms with E-state index in [1.54, 1.807) is 4.57 Å². The van der Waals surface area contributed by atoms with E-state index < -0.39 is 0 Å². The quantitative estimate of drug-likeness (QED) is 0.765. The Labute approximate surface area is 139 Å². The number of nitrogens with zero attached hydrogens (tertiary/aromatic N) is 2. The molecule has 6 heteroatoms. The molecule has 0 aliphatic rings. The van der Waals surface area contributed by atoms with E-state index in [9.17, 15) is 9.59 Å². The average Bonchev–Trinajstić information content (AvgIpc) is 2.83. The van der Waals surface area contributed by atoms with Crippen molar-refractivity contribution in [2.45, 2.75) is 33.2 Å². The first kappa shape index (κ1) is 17.1. The van der Waals surface area contributed by atoms with Gasteiger partial charge in [0, 0.05) is 25.4 Å². The molecular weight excluding hydrogens is 316 g/mol. The smallest absolute Gasteiger partial charge is 0.308 e. The summed E-state index contributed by atoms with van der Waals surface area (Å²) in [5, 5.41) is 0.122. The number of aryl methyl sites for hydroxylation is 1. The predicted molar refractivity (Wildman–Crippen MR) is 96.1 cm³/mol. The van der Waals surface area contributed by atoms with Crippen LogP contribution < -0.4 is 4.87 Å². The van der Waals surface area contributed by atoms with Gasteiger partial charge in [-0.05, 0) is 25.0 Å². The highest BCUT2D eigenvalue weighted by molar-refractivity contribution is 8.13. The third-order valence-electron chi connectivity index (χ3n) is 3.36. The molecule has 4 nitrogen and oxygen atoms in total. The van der Waals surface area contributed by atoms with E-state index in [1.165, 1.54) is 23.1 Å². The van der Waals surface area contributed by atoms with Crippen molar-refractivity contribution >= 4 is 38.6 Å². The SMILES string of the molecule is CCCN(CCC)C(=O)SCCn1c(=O)sc2ccccc21. The van der Waals surface area contributed by atoms with Crippen molar-refractivity contribution in [2.24, 2.45) is 0 Å². The highest BCUT2D eigenvalue weighted by Gasteiger charge is 2.13. The first-order chi connectivity index (χ1) is 10.7. The summed E-state index contributed by atoms with van der Waals surface area (Å²) in [6.07, 6.45) is 1.95. The molecule has 120 valence electrons. The Morgan fingerprint density at radius 1 is 1.23 bits per heavy atom. The number of thioether (sulfide) groups is 1. The minimum atomic E-state index is 0.0493. The van der Waals surface area contributed by atoms with E-state index in [1.807, 2.05) is 29.2 Å². The van der Waals surface area contributed by atoms with Gasteiger partial charge in [-0.3, -0.25) is 14.2 Å². The third kappa shape index (κ3) is 4.14. The van der Waals surface area contributed by atoms with Crippen LogP contribution in [0.5, 0.6) is 0 Å². The number of amides is 1. The Bertz CT molecular complexity index is 672. The van der Waals surface area contributed by atoms with Crippen molar-refractivity contribution in [2.75, 3.05) is 18.8 Å². The molecule has 2 rings (SSSR count). The lowest BCUT2D eigenvalue weighted by atomic mass is 10.3. The van der Waals surface area contributed by atoms with Crippen LogP contribution in [-0.4, -0.2) is 33.5 Å². The molecule has 1 aromatic carbocycles. The molecule has 0 bridgehead atoms. The Morgan fingerprint density at radius 3 is 2.59 bits per heavy atom. The van der Waals surface area contributed by atoms with Gasteiger partial charge in [0.15, 0.2) is 0 Å². The number of aromatic nitrogens is 1. The molecule has 0 aliphatic heterocycles. The third-order valence-corrected chi connectivity index (χ3v) is 5.21. The van der Waals surface area contributed by atoms with E-state index in [4.69, 9.17) is 0 Å². The highest BCUT2D eigenvalue weighted by atomic mass is 32.2. The summed E-state index contributed by atoms with van der Waals surface area (Å²) in [7, 11) is 0. The normalized spacial score (nSPS) is 11.0. The minimum absolute atomic E-state index is 0.0493. The lowest BCUT2D eigenvalue weighted by Gasteiger charge is -2.20. The topological polar surface area (TPSA) is 42.3 Å². The van der Waals surface area contributed by atoms with Crippen molar-refractivity contribution in [1.29, 1.82) is 0 Å². The summed E-state index contributed by atoms with van der Waals surface area (Å²) in [6, 6.07) is 7.79. The molecule has 1 aromatic heterocycles. The van der Waals surface area contributed by atoms with Gasteiger partial charge in [0.25, 0.3) is 5.24 Å². The molecule has 0 atom stereocenters. The number of rotatable bonds is 7. The van der Waals surface area contributed by atoms with Crippen molar-refractivity contribution < 1.29 is 4.79 Å². The van der Waals surface area contributed by atoms with Crippen molar-refractivity contribution in [3.63, 3.8) is 0 Å². The van der Waals surface area contributed by atoms with Crippen LogP contribution >= 0.6 is 23.1 Å². The maximum Gasteiger partial charge on any atom is 0.308 e. The zero-order valence-corrected chi connectivity index (χ0v) is 14.7. The van der Waals surface area contributed by atoms with Crippen LogP contribution in [0.15, 0.2) is 29.1 Å². The molecule has 0 aliphatic carbocycles. The highest BCUT2D eigenvalue weighted by Crippen LogP contribution is 2.17. The fraction of sp³-hybridized carbons (Fsp3) is 0.500. The summed E-state index contributed by atoms with van der Waals surface area (Å²) < 4.78 is 2.77. The molecule has 0 unspecified atom stereocenters. The van der Waals surface area contributed by atoms with E-state index in [0.717, 1.165) is 36.1 Å². The van der Waals surface area contributed by atoms with Gasteiger partial charge in [0.1, 0.15) is 0 Å². The van der Waals surface area contributed by atoms with Crippen molar-refractivity contribution in [1.82, 2.24) is 9.47 Å². The van der Waals surface area contributed by atoms with Gasteiger partial charge in [-0.15, -0.1) is 0 Å². The Hall–Kier alpha value is -1.27. The largest absolute Gasteiger partial charge is 0.334 e. The Kier molecular flexibility index (Phi) is 6.51. The molecule has 0 saturated heterocycles. The van der Waals surface area contributed by atoms with Crippen LogP contribution in [0.25, 0.3) is 10.2 Å². The fourth-order valence-electron chi connectivity index (χ4n) is 2.38. The first-order valence-corrected chi connectivity index (χ1v) is 9.47. The molecule has 1 heterocycles. The van der Waals surface area contributed by atoms with E-state index >= 15 is 0 Å². The van der Waals surface area contributed by atoms with Crippen LogP contribution in [0.1, 0.15) is 26.7 Å². The number of para-hydroxylation sites is 1. The predicted octanol–water partition coefficient (Wildman–Crippen LogP) is 4.04. The molecule has 0 fully saturated rings. The molecule has 2 aromatic rings. The zero-order valence-electron chi connectivity index (χ0n) is 13.1. The van der Waals surface area contributed by atoms with Gasteiger partial charge in [-0.1, -0.05) is 49.1 Å². The fourth-order valence-corrected chi connectivity index (χ4v) is 4.11. The second-order valence-electron chi connectivity index (χ2n) is 5.09. The molecule has 22 heavy (non-hydrogen) atoms. The number of benzene rings is 1. The summed E-state index contributed by atoms with van der Waals surface area (Å²) in [6.45, 7) is 6.35. The number of hydrogen-bond acceptors (Lipinski definition) is 4. The maximum atomic E-state index is 12.2. The molecule has 0 saturated carbocycles. The second-order valence-corrected chi connectivity index (χ2v) is 7.13. The summed E-state index contributed by atoms with van der Waals surface area (Å²) in [5.74, 6) is 0.628. The lowest BCUT2D eigenvalue weighted by molar-refractivity contribution is 0.223.